The highest BCUT2D eigenvalue weighted by atomic mass is 31.0. The van der Waals surface area contributed by atoms with Crippen molar-refractivity contribution in [1.82, 2.24) is 0 Å². The Bertz CT molecular complexity index is 145. The third-order valence-electron chi connectivity index (χ3n) is 2.48. The molecule has 15 heavy (non-hydrogen) atoms. The van der Waals surface area contributed by atoms with Gasteiger partial charge in [-0.3, -0.25) is 0 Å². The van der Waals surface area contributed by atoms with Crippen LogP contribution in [0.25, 0.3) is 0 Å². The zero-order valence-electron chi connectivity index (χ0n) is 10.4. The van der Waals surface area contributed by atoms with Gasteiger partial charge in [-0.05, 0) is 44.7 Å². The quantitative estimate of drug-likeness (QED) is 0.312. The summed E-state index contributed by atoms with van der Waals surface area (Å²) in [6, 6.07) is 0. The Hall–Kier alpha value is 0.130. The maximum absolute atomic E-state index is 5.41. The Labute approximate surface area is 97.9 Å². The number of rotatable bonds is 10. The van der Waals surface area contributed by atoms with Gasteiger partial charge in [0.1, 0.15) is 0 Å². The van der Waals surface area contributed by atoms with Crippen LogP contribution >= 0.6 is 9.24 Å². The highest BCUT2D eigenvalue weighted by Gasteiger charge is 2.03. The lowest BCUT2D eigenvalue weighted by Crippen LogP contribution is -2.03. The van der Waals surface area contributed by atoms with Crippen molar-refractivity contribution in [3.05, 3.63) is 12.2 Å². The van der Waals surface area contributed by atoms with Crippen molar-refractivity contribution < 1.29 is 4.74 Å². The lowest BCUT2D eigenvalue weighted by atomic mass is 9.99. The number of allylic oxidation sites excluding steroid dienone is 2. The minimum Gasteiger partial charge on any atom is -0.382 e. The van der Waals surface area contributed by atoms with Crippen molar-refractivity contribution in [3.63, 3.8) is 0 Å². The van der Waals surface area contributed by atoms with Gasteiger partial charge in [-0.2, -0.15) is 0 Å². The van der Waals surface area contributed by atoms with E-state index in [1.165, 1.54) is 38.3 Å². The van der Waals surface area contributed by atoms with Crippen LogP contribution in [-0.4, -0.2) is 19.4 Å². The summed E-state index contributed by atoms with van der Waals surface area (Å²) in [5, 5.41) is 0. The fraction of sp³-hybridized carbons (Fsp3) is 0.846. The summed E-state index contributed by atoms with van der Waals surface area (Å²) in [5.41, 5.74) is 0. The first-order valence-corrected chi connectivity index (χ1v) is 7.11. The SMILES string of the molecule is CCCC=CC(CCCP)CCOCC. The van der Waals surface area contributed by atoms with E-state index in [9.17, 15) is 0 Å². The number of unbranched alkanes of at least 4 members (excludes halogenated alkanes) is 1. The first-order chi connectivity index (χ1) is 7.35. The van der Waals surface area contributed by atoms with Gasteiger partial charge in [-0.1, -0.05) is 25.5 Å². The van der Waals surface area contributed by atoms with E-state index in [1.807, 2.05) is 0 Å². The molecule has 0 saturated carbocycles. The van der Waals surface area contributed by atoms with E-state index in [0.717, 1.165) is 19.1 Å². The van der Waals surface area contributed by atoms with Crippen LogP contribution in [0, 0.1) is 5.92 Å². The van der Waals surface area contributed by atoms with Crippen LogP contribution in [0.15, 0.2) is 12.2 Å². The van der Waals surface area contributed by atoms with Gasteiger partial charge in [-0.25, -0.2) is 0 Å². The second-order valence-corrected chi connectivity index (χ2v) is 4.47. The molecule has 2 heteroatoms. The molecule has 0 aliphatic rings. The highest BCUT2D eigenvalue weighted by Crippen LogP contribution is 2.15. The molecule has 0 saturated heterocycles. The standard InChI is InChI=1S/C13H27OP/c1-3-5-6-8-13(9-7-12-15)10-11-14-4-2/h6,8,13H,3-5,7,9-12,15H2,1-2H3. The van der Waals surface area contributed by atoms with E-state index in [-0.39, 0.29) is 0 Å². The molecule has 0 amide bonds. The molecule has 1 nitrogen and oxygen atoms in total. The van der Waals surface area contributed by atoms with Crippen molar-refractivity contribution in [2.24, 2.45) is 5.92 Å². The molecule has 90 valence electrons. The molecule has 0 fully saturated rings. The zero-order valence-corrected chi connectivity index (χ0v) is 11.5. The smallest absolute Gasteiger partial charge is 0.0471 e. The monoisotopic (exact) mass is 230 g/mol. The maximum Gasteiger partial charge on any atom is 0.0471 e. The van der Waals surface area contributed by atoms with Crippen molar-refractivity contribution in [3.8, 4) is 0 Å². The van der Waals surface area contributed by atoms with Gasteiger partial charge in [0.15, 0.2) is 0 Å². The van der Waals surface area contributed by atoms with Gasteiger partial charge in [0.2, 0.25) is 0 Å². The summed E-state index contributed by atoms with van der Waals surface area (Å²) in [6.45, 7) is 6.04. The summed E-state index contributed by atoms with van der Waals surface area (Å²) in [5.74, 6) is 0.726. The van der Waals surface area contributed by atoms with Crippen LogP contribution in [0.3, 0.4) is 0 Å². The van der Waals surface area contributed by atoms with Crippen molar-refractivity contribution >= 4 is 9.24 Å². The first kappa shape index (κ1) is 15.1. The van der Waals surface area contributed by atoms with Crippen LogP contribution < -0.4 is 0 Å². The van der Waals surface area contributed by atoms with Crippen LogP contribution in [-0.2, 0) is 4.74 Å². The zero-order chi connectivity index (χ0) is 11.4. The molecule has 0 rings (SSSR count). The van der Waals surface area contributed by atoms with Gasteiger partial charge in [-0.15, -0.1) is 9.24 Å². The predicted molar refractivity (Wildman–Crippen MR) is 72.5 cm³/mol. The van der Waals surface area contributed by atoms with Crippen molar-refractivity contribution in [2.75, 3.05) is 19.4 Å². The van der Waals surface area contributed by atoms with Crippen LogP contribution in [0.2, 0.25) is 0 Å². The van der Waals surface area contributed by atoms with E-state index in [1.54, 1.807) is 0 Å². The highest BCUT2D eigenvalue weighted by molar-refractivity contribution is 7.16. The summed E-state index contributed by atoms with van der Waals surface area (Å²) >= 11 is 0. The normalized spacial score (nSPS) is 13.5. The van der Waals surface area contributed by atoms with Gasteiger partial charge >= 0.3 is 0 Å². The molecule has 0 N–H and O–H groups in total. The third kappa shape index (κ3) is 10.4. The fourth-order valence-electron chi connectivity index (χ4n) is 1.55. The lowest BCUT2D eigenvalue weighted by molar-refractivity contribution is 0.136. The molecular formula is C13H27OP. The van der Waals surface area contributed by atoms with E-state index in [2.05, 4.69) is 35.2 Å². The Morgan fingerprint density at radius 2 is 2.07 bits per heavy atom. The third-order valence-corrected chi connectivity index (χ3v) is 2.89. The van der Waals surface area contributed by atoms with Crippen LogP contribution in [0.5, 0.6) is 0 Å². The molecule has 0 heterocycles. The first-order valence-electron chi connectivity index (χ1n) is 6.29. The average Bonchev–Trinajstić information content (AvgIpc) is 2.25. The summed E-state index contributed by atoms with van der Waals surface area (Å²) in [4.78, 5) is 0. The Morgan fingerprint density at radius 1 is 1.27 bits per heavy atom. The number of ether oxygens (including phenoxy) is 1. The fourth-order valence-corrected chi connectivity index (χ4v) is 1.79. The Morgan fingerprint density at radius 3 is 2.67 bits per heavy atom. The van der Waals surface area contributed by atoms with Crippen LogP contribution in [0.4, 0.5) is 0 Å². The van der Waals surface area contributed by atoms with E-state index >= 15 is 0 Å². The van der Waals surface area contributed by atoms with Crippen LogP contribution in [0.1, 0.15) is 46.0 Å². The summed E-state index contributed by atoms with van der Waals surface area (Å²) in [6.07, 6.45) is 12.2. The van der Waals surface area contributed by atoms with Gasteiger partial charge in [0, 0.05) is 13.2 Å². The molecule has 0 aliphatic heterocycles. The Kier molecular flexibility index (Phi) is 12.3. The predicted octanol–water partition coefficient (Wildman–Crippen LogP) is 4.04. The molecule has 2 unspecified atom stereocenters. The molecule has 0 bridgehead atoms. The molecule has 0 spiro atoms. The lowest BCUT2D eigenvalue weighted by Gasteiger charge is -2.11. The molecule has 0 radical (unpaired) electrons. The molecular weight excluding hydrogens is 203 g/mol. The summed E-state index contributed by atoms with van der Waals surface area (Å²) < 4.78 is 5.41. The molecule has 2 atom stereocenters. The van der Waals surface area contributed by atoms with Crippen molar-refractivity contribution in [1.29, 1.82) is 0 Å². The molecule has 0 aromatic carbocycles. The minimum absolute atomic E-state index is 0.726. The van der Waals surface area contributed by atoms with Crippen molar-refractivity contribution in [2.45, 2.75) is 46.0 Å². The topological polar surface area (TPSA) is 9.23 Å². The number of hydrogen-bond donors (Lipinski definition) is 0. The molecule has 0 aromatic rings. The van der Waals surface area contributed by atoms with E-state index in [4.69, 9.17) is 4.74 Å². The molecule has 0 aromatic heterocycles. The van der Waals surface area contributed by atoms with Gasteiger partial charge in [0.05, 0.1) is 0 Å². The summed E-state index contributed by atoms with van der Waals surface area (Å²) in [7, 11) is 2.80. The van der Waals surface area contributed by atoms with Gasteiger partial charge in [0.25, 0.3) is 0 Å². The Balaban J connectivity index is 3.72. The number of hydrogen-bond acceptors (Lipinski definition) is 1. The largest absolute Gasteiger partial charge is 0.382 e. The second kappa shape index (κ2) is 12.2. The average molecular weight is 230 g/mol. The van der Waals surface area contributed by atoms with E-state index in [0.29, 0.717) is 0 Å². The minimum atomic E-state index is 0.726. The second-order valence-electron chi connectivity index (χ2n) is 3.89. The maximum atomic E-state index is 5.41. The molecule has 0 aliphatic carbocycles. The van der Waals surface area contributed by atoms with Gasteiger partial charge < -0.3 is 4.74 Å². The van der Waals surface area contributed by atoms with E-state index < -0.39 is 0 Å².